The van der Waals surface area contributed by atoms with Gasteiger partial charge in [-0.3, -0.25) is 0 Å². The van der Waals surface area contributed by atoms with Gasteiger partial charge in [0.25, 0.3) is 0 Å². The number of benzene rings is 1. The normalized spacial score (nSPS) is 30.3. The average molecular weight is 345 g/mol. The number of rotatable bonds is 7. The monoisotopic (exact) mass is 344 g/mol. The molecule has 1 saturated heterocycles. The Balaban J connectivity index is 1.42. The lowest BCUT2D eigenvalue weighted by Gasteiger charge is -2.29. The predicted octanol–water partition coefficient (Wildman–Crippen LogP) is 6.30. The van der Waals surface area contributed by atoms with Crippen LogP contribution in [0.5, 0.6) is 0 Å². The van der Waals surface area contributed by atoms with Gasteiger partial charge in [-0.05, 0) is 36.7 Å². The second-order valence-electron chi connectivity index (χ2n) is 8.23. The maximum atomic E-state index is 5.92. The lowest BCUT2D eigenvalue weighted by molar-refractivity contribution is -0.206. The second-order valence-corrected chi connectivity index (χ2v) is 8.23. The van der Waals surface area contributed by atoms with Crippen LogP contribution in [0.15, 0.2) is 24.3 Å². The van der Waals surface area contributed by atoms with Gasteiger partial charge in [-0.25, -0.2) is 0 Å². The average Bonchev–Trinajstić information content (AvgIpc) is 2.68. The van der Waals surface area contributed by atoms with E-state index in [0.717, 1.165) is 25.0 Å². The van der Waals surface area contributed by atoms with Crippen molar-refractivity contribution in [2.24, 2.45) is 17.8 Å². The molecule has 0 spiro atoms. The first-order valence-electron chi connectivity index (χ1n) is 10.6. The summed E-state index contributed by atoms with van der Waals surface area (Å²) in [7, 11) is 0. The van der Waals surface area contributed by atoms with E-state index in [-0.39, 0.29) is 6.29 Å². The summed E-state index contributed by atoms with van der Waals surface area (Å²) in [5.74, 6) is 2.52. The number of ether oxygens (including phenoxy) is 2. The minimum absolute atomic E-state index is 0.161. The van der Waals surface area contributed by atoms with Crippen LogP contribution >= 0.6 is 0 Å². The molecule has 0 unspecified atom stereocenters. The number of hydrogen-bond acceptors (Lipinski definition) is 2. The Kier molecular flexibility index (Phi) is 7.36. The van der Waals surface area contributed by atoms with Crippen LogP contribution in [0.25, 0.3) is 0 Å². The Labute approximate surface area is 154 Å². The molecule has 3 rings (SSSR count). The molecule has 25 heavy (non-hydrogen) atoms. The minimum atomic E-state index is -0.161. The molecule has 2 heteroatoms. The molecule has 2 nitrogen and oxygen atoms in total. The van der Waals surface area contributed by atoms with E-state index in [9.17, 15) is 0 Å². The maximum absolute atomic E-state index is 5.92. The minimum Gasteiger partial charge on any atom is -0.348 e. The molecule has 1 saturated carbocycles. The van der Waals surface area contributed by atoms with Crippen molar-refractivity contribution in [1.82, 2.24) is 0 Å². The summed E-state index contributed by atoms with van der Waals surface area (Å²) < 4.78 is 11.8. The highest BCUT2D eigenvalue weighted by atomic mass is 16.7. The molecule has 1 aliphatic carbocycles. The van der Waals surface area contributed by atoms with Crippen LogP contribution in [-0.2, 0) is 15.9 Å². The van der Waals surface area contributed by atoms with Gasteiger partial charge >= 0.3 is 0 Å². The Morgan fingerprint density at radius 1 is 0.800 bits per heavy atom. The molecule has 2 aliphatic rings. The Morgan fingerprint density at radius 3 is 2.04 bits per heavy atom. The first-order valence-corrected chi connectivity index (χ1v) is 10.6. The maximum Gasteiger partial charge on any atom is 0.183 e. The van der Waals surface area contributed by atoms with Gasteiger partial charge < -0.3 is 9.47 Å². The molecule has 1 aromatic carbocycles. The third-order valence-corrected chi connectivity index (χ3v) is 6.30. The Hall–Kier alpha value is -0.860. The van der Waals surface area contributed by atoms with Crippen molar-refractivity contribution in [2.45, 2.75) is 77.9 Å². The molecule has 0 amide bonds. The van der Waals surface area contributed by atoms with Gasteiger partial charge in [-0.1, -0.05) is 76.6 Å². The zero-order valence-corrected chi connectivity index (χ0v) is 16.2. The summed E-state index contributed by atoms with van der Waals surface area (Å²) in [6.07, 6.45) is 12.0. The van der Waals surface area contributed by atoms with E-state index in [1.165, 1.54) is 68.9 Å². The van der Waals surface area contributed by atoms with Crippen molar-refractivity contribution >= 4 is 0 Å². The van der Waals surface area contributed by atoms with Crippen LogP contribution in [0.2, 0.25) is 0 Å². The van der Waals surface area contributed by atoms with Gasteiger partial charge in [0.15, 0.2) is 6.29 Å². The smallest absolute Gasteiger partial charge is 0.183 e. The molecular formula is C23H36O2. The fourth-order valence-electron chi connectivity index (χ4n) is 4.45. The number of hydrogen-bond donors (Lipinski definition) is 0. The third kappa shape index (κ3) is 5.56. The summed E-state index contributed by atoms with van der Waals surface area (Å²) >= 11 is 0. The molecule has 0 N–H and O–H groups in total. The predicted molar refractivity (Wildman–Crippen MR) is 104 cm³/mol. The molecule has 1 aliphatic heterocycles. The van der Waals surface area contributed by atoms with Crippen molar-refractivity contribution in [3.8, 4) is 0 Å². The van der Waals surface area contributed by atoms with Crippen molar-refractivity contribution in [1.29, 1.82) is 0 Å². The molecule has 2 fully saturated rings. The zero-order chi connectivity index (χ0) is 17.5. The van der Waals surface area contributed by atoms with Gasteiger partial charge in [0, 0.05) is 11.5 Å². The van der Waals surface area contributed by atoms with Gasteiger partial charge in [-0.15, -0.1) is 0 Å². The van der Waals surface area contributed by atoms with E-state index in [0.29, 0.717) is 5.92 Å². The molecule has 140 valence electrons. The lowest BCUT2D eigenvalue weighted by atomic mass is 9.78. The Bertz CT molecular complexity index is 479. The van der Waals surface area contributed by atoms with Gasteiger partial charge in [-0.2, -0.15) is 0 Å². The zero-order valence-electron chi connectivity index (χ0n) is 16.2. The lowest BCUT2D eigenvalue weighted by Crippen LogP contribution is -2.26. The molecular weight excluding hydrogens is 308 g/mol. The van der Waals surface area contributed by atoms with Gasteiger partial charge in [0.2, 0.25) is 0 Å². The highest BCUT2D eigenvalue weighted by Crippen LogP contribution is 2.33. The van der Waals surface area contributed by atoms with Crippen LogP contribution in [0.1, 0.15) is 82.6 Å². The van der Waals surface area contributed by atoms with E-state index in [2.05, 4.69) is 38.1 Å². The van der Waals surface area contributed by atoms with Crippen LogP contribution < -0.4 is 0 Å². The van der Waals surface area contributed by atoms with Crippen LogP contribution in [-0.4, -0.2) is 13.2 Å². The fraction of sp³-hybridized carbons (Fsp3) is 0.739. The van der Waals surface area contributed by atoms with E-state index < -0.39 is 0 Å². The first kappa shape index (κ1) is 18.9. The summed E-state index contributed by atoms with van der Waals surface area (Å²) in [5, 5.41) is 0. The number of aryl methyl sites for hydroxylation is 1. The van der Waals surface area contributed by atoms with Crippen molar-refractivity contribution in [2.75, 3.05) is 13.2 Å². The first-order chi connectivity index (χ1) is 12.3. The van der Waals surface area contributed by atoms with Crippen LogP contribution in [0.3, 0.4) is 0 Å². The summed E-state index contributed by atoms with van der Waals surface area (Å²) in [4.78, 5) is 0. The second kappa shape index (κ2) is 9.73. The van der Waals surface area contributed by atoms with Crippen molar-refractivity contribution in [3.05, 3.63) is 35.4 Å². The third-order valence-electron chi connectivity index (χ3n) is 6.30. The summed E-state index contributed by atoms with van der Waals surface area (Å²) in [6, 6.07) is 8.96. The van der Waals surface area contributed by atoms with Crippen molar-refractivity contribution in [3.63, 3.8) is 0 Å². The molecule has 0 radical (unpaired) electrons. The highest BCUT2D eigenvalue weighted by molar-refractivity contribution is 5.23. The molecule has 0 aromatic heterocycles. The van der Waals surface area contributed by atoms with Crippen LogP contribution in [0.4, 0.5) is 0 Å². The standard InChI is InChI=1S/C23H36O2/c1-3-5-21-16-24-23(25-17-21)22-14-12-20(13-15-22)11-10-19-8-6-18(4-2)7-9-19/h12-15,18-19,21,23H,3-11,16-17H2,1-2H3/t18-,19-,21?,23?. The van der Waals surface area contributed by atoms with Crippen molar-refractivity contribution < 1.29 is 9.47 Å². The topological polar surface area (TPSA) is 18.5 Å². The van der Waals surface area contributed by atoms with Crippen LogP contribution in [0, 0.1) is 17.8 Å². The molecule has 1 aromatic rings. The highest BCUT2D eigenvalue weighted by Gasteiger charge is 2.23. The Morgan fingerprint density at radius 2 is 1.44 bits per heavy atom. The SMILES string of the molecule is CCCC1COC(c2ccc(CC[C@H]3CC[C@H](CC)CC3)cc2)OC1. The quantitative estimate of drug-likeness (QED) is 0.578. The van der Waals surface area contributed by atoms with Gasteiger partial charge in [0.05, 0.1) is 13.2 Å². The molecule has 1 heterocycles. The molecule has 0 atom stereocenters. The van der Waals surface area contributed by atoms with Gasteiger partial charge in [0.1, 0.15) is 0 Å². The van der Waals surface area contributed by atoms with E-state index in [4.69, 9.17) is 9.47 Å². The van der Waals surface area contributed by atoms with E-state index in [1.807, 2.05) is 0 Å². The van der Waals surface area contributed by atoms with E-state index >= 15 is 0 Å². The largest absolute Gasteiger partial charge is 0.348 e. The summed E-state index contributed by atoms with van der Waals surface area (Å²) in [6.45, 7) is 6.23. The fourth-order valence-corrected chi connectivity index (χ4v) is 4.45. The van der Waals surface area contributed by atoms with E-state index in [1.54, 1.807) is 0 Å². The summed E-state index contributed by atoms with van der Waals surface area (Å²) in [5.41, 5.74) is 2.63. The molecule has 0 bridgehead atoms.